The van der Waals surface area contributed by atoms with Crippen molar-refractivity contribution in [1.29, 1.82) is 0 Å². The highest BCUT2D eigenvalue weighted by Gasteiger charge is 2.09. The lowest BCUT2D eigenvalue weighted by atomic mass is 10.1. The number of rotatable bonds is 4. The molecule has 3 aromatic carbocycles. The zero-order chi connectivity index (χ0) is 22.4. The molecular weight excluding hydrogens is 456 g/mol. The standard InChI is InChI=1S/C17H15BrN2O.C7H8N2O/c1-11-3-5-13(6-4-11)10-20-12(2)19-16-8-7-14(18)9-15(16)17(20)21;8-6-3-1-2-4-7(6)9-5-10/h3-9H,10H2,1-2H3;1-5H,8H2,(H,9,10). The van der Waals surface area contributed by atoms with Gasteiger partial charge in [-0.05, 0) is 49.7 Å². The van der Waals surface area contributed by atoms with Crippen molar-refractivity contribution in [2.24, 2.45) is 0 Å². The molecule has 3 N–H and O–H groups in total. The quantitative estimate of drug-likeness (QED) is 0.329. The molecule has 0 radical (unpaired) electrons. The van der Waals surface area contributed by atoms with Crippen LogP contribution in [-0.4, -0.2) is 16.0 Å². The van der Waals surface area contributed by atoms with Crippen LogP contribution in [0.25, 0.3) is 10.9 Å². The van der Waals surface area contributed by atoms with Gasteiger partial charge < -0.3 is 11.1 Å². The fraction of sp³-hybridized carbons (Fsp3) is 0.125. The molecule has 0 unspecified atom stereocenters. The summed E-state index contributed by atoms with van der Waals surface area (Å²) in [6.45, 7) is 4.47. The summed E-state index contributed by atoms with van der Waals surface area (Å²) in [5.41, 5.74) is 9.76. The lowest BCUT2D eigenvalue weighted by molar-refractivity contribution is -0.105. The SMILES string of the molecule is Cc1ccc(Cn2c(C)nc3ccc(Br)cc3c2=O)cc1.Nc1ccccc1NC=O. The summed E-state index contributed by atoms with van der Waals surface area (Å²) in [5.74, 6) is 0.732. The number of amides is 1. The number of hydrogen-bond donors (Lipinski definition) is 2. The van der Waals surface area contributed by atoms with Crippen LogP contribution in [0.5, 0.6) is 0 Å². The van der Waals surface area contributed by atoms with E-state index in [9.17, 15) is 9.59 Å². The van der Waals surface area contributed by atoms with E-state index >= 15 is 0 Å². The van der Waals surface area contributed by atoms with Crippen LogP contribution in [0.3, 0.4) is 0 Å². The van der Waals surface area contributed by atoms with E-state index in [2.05, 4.69) is 45.3 Å². The topological polar surface area (TPSA) is 90.0 Å². The van der Waals surface area contributed by atoms with Crippen molar-refractivity contribution in [3.05, 3.63) is 98.5 Å². The minimum Gasteiger partial charge on any atom is -0.397 e. The maximum Gasteiger partial charge on any atom is 0.261 e. The van der Waals surface area contributed by atoms with Gasteiger partial charge in [0, 0.05) is 4.47 Å². The van der Waals surface area contributed by atoms with E-state index in [4.69, 9.17) is 5.73 Å². The summed E-state index contributed by atoms with van der Waals surface area (Å²) < 4.78 is 2.61. The molecule has 6 nitrogen and oxygen atoms in total. The molecule has 0 aliphatic heterocycles. The molecule has 1 aromatic heterocycles. The number of hydrogen-bond acceptors (Lipinski definition) is 4. The summed E-state index contributed by atoms with van der Waals surface area (Å²) in [6, 6.07) is 20.9. The van der Waals surface area contributed by atoms with Crippen molar-refractivity contribution in [1.82, 2.24) is 9.55 Å². The highest BCUT2D eigenvalue weighted by atomic mass is 79.9. The number of carbonyl (C=O) groups excluding carboxylic acids is 1. The molecule has 0 saturated carbocycles. The molecule has 0 bridgehead atoms. The summed E-state index contributed by atoms with van der Waals surface area (Å²) in [4.78, 5) is 27.2. The number of benzene rings is 3. The minimum atomic E-state index is -0.000579. The third-order valence-electron chi connectivity index (χ3n) is 4.74. The number of nitrogen functional groups attached to an aromatic ring is 1. The number of aryl methyl sites for hydroxylation is 2. The second kappa shape index (κ2) is 10.0. The van der Waals surface area contributed by atoms with Crippen LogP contribution < -0.4 is 16.6 Å². The Bertz CT molecular complexity index is 1270. The molecule has 1 heterocycles. The summed E-state index contributed by atoms with van der Waals surface area (Å²) >= 11 is 3.41. The lowest BCUT2D eigenvalue weighted by Gasteiger charge is -2.11. The number of nitrogens with two attached hydrogens (primary N) is 1. The van der Waals surface area contributed by atoms with Crippen LogP contribution in [0.1, 0.15) is 17.0 Å². The molecule has 31 heavy (non-hydrogen) atoms. The number of nitrogens with zero attached hydrogens (tertiary/aromatic N) is 2. The van der Waals surface area contributed by atoms with E-state index in [0.29, 0.717) is 29.7 Å². The van der Waals surface area contributed by atoms with Gasteiger partial charge in [0.2, 0.25) is 6.41 Å². The average molecular weight is 479 g/mol. The van der Waals surface area contributed by atoms with Gasteiger partial charge >= 0.3 is 0 Å². The van der Waals surface area contributed by atoms with Gasteiger partial charge in [-0.1, -0.05) is 57.9 Å². The Morgan fingerprint density at radius 3 is 2.45 bits per heavy atom. The van der Waals surface area contributed by atoms with Crippen LogP contribution in [0.2, 0.25) is 0 Å². The van der Waals surface area contributed by atoms with Crippen LogP contribution in [0.15, 0.2) is 76.0 Å². The normalized spacial score (nSPS) is 10.3. The number of fused-ring (bicyclic) bond motifs is 1. The van der Waals surface area contributed by atoms with Gasteiger partial charge in [0.1, 0.15) is 5.82 Å². The average Bonchev–Trinajstić information content (AvgIpc) is 2.75. The predicted molar refractivity (Wildman–Crippen MR) is 129 cm³/mol. The number of anilines is 2. The van der Waals surface area contributed by atoms with Gasteiger partial charge in [-0.2, -0.15) is 0 Å². The molecule has 0 aliphatic carbocycles. The number of halogens is 1. The Morgan fingerprint density at radius 2 is 1.77 bits per heavy atom. The molecule has 0 aliphatic rings. The zero-order valence-electron chi connectivity index (χ0n) is 17.3. The molecule has 0 fully saturated rings. The van der Waals surface area contributed by atoms with E-state index in [1.54, 1.807) is 16.7 Å². The van der Waals surface area contributed by atoms with Crippen molar-refractivity contribution in [2.75, 3.05) is 11.1 Å². The van der Waals surface area contributed by atoms with E-state index in [1.807, 2.05) is 49.4 Å². The number of carbonyl (C=O) groups is 1. The Balaban J connectivity index is 0.000000229. The van der Waals surface area contributed by atoms with Gasteiger partial charge in [0.25, 0.3) is 5.56 Å². The predicted octanol–water partition coefficient (Wildman–Crippen LogP) is 4.66. The molecule has 0 saturated heterocycles. The third-order valence-corrected chi connectivity index (χ3v) is 5.24. The van der Waals surface area contributed by atoms with Crippen molar-refractivity contribution in [3.8, 4) is 0 Å². The van der Waals surface area contributed by atoms with E-state index in [0.717, 1.165) is 21.4 Å². The molecule has 7 heteroatoms. The van der Waals surface area contributed by atoms with Crippen molar-refractivity contribution in [2.45, 2.75) is 20.4 Å². The second-order valence-corrected chi connectivity index (χ2v) is 7.96. The molecule has 158 valence electrons. The molecule has 1 amide bonds. The van der Waals surface area contributed by atoms with Gasteiger partial charge in [0.05, 0.1) is 28.8 Å². The second-order valence-electron chi connectivity index (χ2n) is 7.05. The van der Waals surface area contributed by atoms with Gasteiger partial charge in [-0.25, -0.2) is 4.98 Å². The maximum absolute atomic E-state index is 12.7. The maximum atomic E-state index is 12.7. The number of para-hydroxylation sites is 2. The van der Waals surface area contributed by atoms with E-state index in [-0.39, 0.29) is 5.56 Å². The lowest BCUT2D eigenvalue weighted by Crippen LogP contribution is -2.24. The Hall–Kier alpha value is -3.45. The van der Waals surface area contributed by atoms with Crippen LogP contribution >= 0.6 is 15.9 Å². The van der Waals surface area contributed by atoms with Gasteiger partial charge in [-0.3, -0.25) is 14.2 Å². The summed E-state index contributed by atoms with van der Waals surface area (Å²) in [7, 11) is 0. The fourth-order valence-corrected chi connectivity index (χ4v) is 3.42. The highest BCUT2D eigenvalue weighted by Crippen LogP contribution is 2.17. The Labute approximate surface area is 188 Å². The van der Waals surface area contributed by atoms with Crippen LogP contribution in [-0.2, 0) is 11.3 Å². The van der Waals surface area contributed by atoms with E-state index in [1.165, 1.54) is 5.56 Å². The molecule has 4 rings (SSSR count). The van der Waals surface area contributed by atoms with E-state index < -0.39 is 0 Å². The summed E-state index contributed by atoms with van der Waals surface area (Å²) in [5, 5.41) is 3.11. The zero-order valence-corrected chi connectivity index (χ0v) is 18.9. The van der Waals surface area contributed by atoms with Crippen LogP contribution in [0.4, 0.5) is 11.4 Å². The summed E-state index contributed by atoms with van der Waals surface area (Å²) in [6.07, 6.45) is 0.603. The first-order valence-electron chi connectivity index (χ1n) is 9.66. The van der Waals surface area contributed by atoms with Gasteiger partial charge in [-0.15, -0.1) is 0 Å². The number of nitrogens with one attached hydrogen (secondary N) is 1. The fourth-order valence-electron chi connectivity index (χ4n) is 3.06. The first-order chi connectivity index (χ1) is 14.9. The third kappa shape index (κ3) is 5.58. The molecule has 0 spiro atoms. The molecule has 0 atom stereocenters. The van der Waals surface area contributed by atoms with Crippen molar-refractivity contribution in [3.63, 3.8) is 0 Å². The van der Waals surface area contributed by atoms with Crippen molar-refractivity contribution >= 4 is 44.6 Å². The minimum absolute atomic E-state index is 0.000579. The van der Waals surface area contributed by atoms with Crippen LogP contribution in [0, 0.1) is 13.8 Å². The monoisotopic (exact) mass is 478 g/mol. The van der Waals surface area contributed by atoms with Gasteiger partial charge in [0.15, 0.2) is 0 Å². The molecular formula is C24H23BrN4O2. The van der Waals surface area contributed by atoms with Crippen molar-refractivity contribution < 1.29 is 4.79 Å². The largest absolute Gasteiger partial charge is 0.397 e. The smallest absolute Gasteiger partial charge is 0.261 e. The highest BCUT2D eigenvalue weighted by molar-refractivity contribution is 9.10. The first kappa shape index (κ1) is 22.2. The molecule has 4 aromatic rings. The Morgan fingerprint density at radius 1 is 1.06 bits per heavy atom. The number of aromatic nitrogens is 2. The Kier molecular flexibility index (Phi) is 7.20. The first-order valence-corrected chi connectivity index (χ1v) is 10.5.